The van der Waals surface area contributed by atoms with Crippen LogP contribution >= 0.6 is 11.3 Å². The van der Waals surface area contributed by atoms with E-state index in [0.29, 0.717) is 5.13 Å². The van der Waals surface area contributed by atoms with Crippen molar-refractivity contribution in [2.24, 2.45) is 0 Å². The standard InChI is InChI=1S/C19H20N4O2S/c1-3-17-20-7-8-23(17)12(2)18(24)22-19-21-15(11-26-19)13-4-5-16-14(10-13)6-9-25-16/h4-5,7-8,10-12H,3,6,9H2,1-2H3,(H,21,22,24)/t12-/m0/s1. The summed E-state index contributed by atoms with van der Waals surface area (Å²) in [6.07, 6.45) is 5.28. The van der Waals surface area contributed by atoms with Gasteiger partial charge in [0.15, 0.2) is 5.13 Å². The van der Waals surface area contributed by atoms with Crippen LogP contribution < -0.4 is 10.1 Å². The van der Waals surface area contributed by atoms with Gasteiger partial charge in [0.25, 0.3) is 0 Å². The summed E-state index contributed by atoms with van der Waals surface area (Å²) in [5.74, 6) is 1.76. The lowest BCUT2D eigenvalue weighted by Gasteiger charge is -2.14. The molecule has 6 nitrogen and oxygen atoms in total. The van der Waals surface area contributed by atoms with Gasteiger partial charge in [0, 0.05) is 36.2 Å². The number of nitrogens with zero attached hydrogens (tertiary/aromatic N) is 3. The molecule has 4 rings (SSSR count). The summed E-state index contributed by atoms with van der Waals surface area (Å²) in [5.41, 5.74) is 3.12. The fourth-order valence-corrected chi connectivity index (χ4v) is 3.84. The van der Waals surface area contributed by atoms with Crippen LogP contribution in [-0.2, 0) is 17.6 Å². The van der Waals surface area contributed by atoms with Crippen LogP contribution in [0.3, 0.4) is 0 Å². The first-order valence-electron chi connectivity index (χ1n) is 8.70. The number of anilines is 1. The zero-order chi connectivity index (χ0) is 18.1. The van der Waals surface area contributed by atoms with Crippen molar-refractivity contribution in [2.75, 3.05) is 11.9 Å². The Morgan fingerprint density at radius 1 is 1.46 bits per heavy atom. The summed E-state index contributed by atoms with van der Waals surface area (Å²) >= 11 is 1.43. The number of rotatable bonds is 5. The average Bonchev–Trinajstić information content (AvgIpc) is 3.39. The number of aromatic nitrogens is 3. The van der Waals surface area contributed by atoms with Gasteiger partial charge in [-0.25, -0.2) is 9.97 Å². The Bertz CT molecular complexity index is 947. The number of imidazole rings is 1. The minimum Gasteiger partial charge on any atom is -0.493 e. The summed E-state index contributed by atoms with van der Waals surface area (Å²) in [6.45, 7) is 4.63. The van der Waals surface area contributed by atoms with Gasteiger partial charge in [-0.2, -0.15) is 0 Å². The third-order valence-corrected chi connectivity index (χ3v) is 5.34. The van der Waals surface area contributed by atoms with E-state index in [2.05, 4.69) is 21.4 Å². The summed E-state index contributed by atoms with van der Waals surface area (Å²) in [4.78, 5) is 21.4. The molecule has 1 amide bonds. The number of hydrogen-bond acceptors (Lipinski definition) is 5. The maximum absolute atomic E-state index is 12.6. The van der Waals surface area contributed by atoms with Crippen molar-refractivity contribution < 1.29 is 9.53 Å². The second-order valence-electron chi connectivity index (χ2n) is 6.23. The largest absolute Gasteiger partial charge is 0.493 e. The van der Waals surface area contributed by atoms with Crippen molar-refractivity contribution >= 4 is 22.4 Å². The zero-order valence-electron chi connectivity index (χ0n) is 14.7. The van der Waals surface area contributed by atoms with Gasteiger partial charge in [-0.05, 0) is 30.7 Å². The fraction of sp³-hybridized carbons (Fsp3) is 0.316. The number of ether oxygens (including phenoxy) is 1. The van der Waals surface area contributed by atoms with Gasteiger partial charge in [0.1, 0.15) is 17.6 Å². The van der Waals surface area contributed by atoms with E-state index < -0.39 is 0 Å². The van der Waals surface area contributed by atoms with Crippen molar-refractivity contribution in [1.82, 2.24) is 14.5 Å². The molecule has 1 aliphatic heterocycles. The third-order valence-electron chi connectivity index (χ3n) is 4.58. The summed E-state index contributed by atoms with van der Waals surface area (Å²) < 4.78 is 7.44. The molecule has 0 unspecified atom stereocenters. The van der Waals surface area contributed by atoms with E-state index in [4.69, 9.17) is 4.74 Å². The van der Waals surface area contributed by atoms with Crippen LogP contribution in [0.4, 0.5) is 5.13 Å². The van der Waals surface area contributed by atoms with Gasteiger partial charge in [0.2, 0.25) is 5.91 Å². The molecule has 3 heterocycles. The first-order chi connectivity index (χ1) is 12.7. The predicted molar refractivity (Wildman–Crippen MR) is 102 cm³/mol. The number of nitrogens with one attached hydrogen (secondary N) is 1. The molecule has 0 aliphatic carbocycles. The molecule has 2 aromatic heterocycles. The molecule has 1 atom stereocenters. The normalized spacial score (nSPS) is 13.9. The van der Waals surface area contributed by atoms with Crippen molar-refractivity contribution in [3.05, 3.63) is 47.4 Å². The van der Waals surface area contributed by atoms with Gasteiger partial charge >= 0.3 is 0 Å². The Labute approximate surface area is 155 Å². The molecular weight excluding hydrogens is 348 g/mol. The lowest BCUT2D eigenvalue weighted by Crippen LogP contribution is -2.24. The summed E-state index contributed by atoms with van der Waals surface area (Å²) in [6, 6.07) is 5.77. The summed E-state index contributed by atoms with van der Waals surface area (Å²) in [7, 11) is 0. The second kappa shape index (κ2) is 6.92. The Morgan fingerprint density at radius 2 is 2.35 bits per heavy atom. The third kappa shape index (κ3) is 3.10. The van der Waals surface area contributed by atoms with Crippen LogP contribution in [0, 0.1) is 0 Å². The first kappa shape index (κ1) is 16.8. The number of thiazole rings is 1. The number of benzene rings is 1. The Morgan fingerprint density at radius 3 is 3.19 bits per heavy atom. The minimum atomic E-state index is -0.336. The fourth-order valence-electron chi connectivity index (χ4n) is 3.12. The van der Waals surface area contributed by atoms with E-state index in [9.17, 15) is 4.79 Å². The van der Waals surface area contributed by atoms with Crippen LogP contribution in [0.5, 0.6) is 5.75 Å². The number of carbonyl (C=O) groups excluding carboxylic acids is 1. The molecule has 0 radical (unpaired) electrons. The van der Waals surface area contributed by atoms with E-state index in [1.807, 2.05) is 42.1 Å². The number of hydrogen-bond donors (Lipinski definition) is 1. The average molecular weight is 368 g/mol. The number of amides is 1. The monoisotopic (exact) mass is 368 g/mol. The Kier molecular flexibility index (Phi) is 4.46. The molecule has 1 aromatic carbocycles. The highest BCUT2D eigenvalue weighted by molar-refractivity contribution is 7.14. The molecule has 1 N–H and O–H groups in total. The molecule has 0 fully saturated rings. The van der Waals surface area contributed by atoms with E-state index in [-0.39, 0.29) is 11.9 Å². The van der Waals surface area contributed by atoms with Gasteiger partial charge in [-0.3, -0.25) is 4.79 Å². The van der Waals surface area contributed by atoms with E-state index >= 15 is 0 Å². The molecule has 1 aliphatic rings. The van der Waals surface area contributed by atoms with Gasteiger partial charge in [-0.1, -0.05) is 6.92 Å². The highest BCUT2D eigenvalue weighted by atomic mass is 32.1. The number of fused-ring (bicyclic) bond motifs is 1. The van der Waals surface area contributed by atoms with Gasteiger partial charge in [-0.15, -0.1) is 11.3 Å². The molecule has 7 heteroatoms. The maximum Gasteiger partial charge on any atom is 0.248 e. The van der Waals surface area contributed by atoms with E-state index in [0.717, 1.165) is 42.3 Å². The highest BCUT2D eigenvalue weighted by Gasteiger charge is 2.19. The smallest absolute Gasteiger partial charge is 0.248 e. The van der Waals surface area contributed by atoms with Crippen molar-refractivity contribution in [3.8, 4) is 17.0 Å². The molecule has 0 bridgehead atoms. The number of carbonyl (C=O) groups is 1. The quantitative estimate of drug-likeness (QED) is 0.745. The Balaban J connectivity index is 1.49. The minimum absolute atomic E-state index is 0.0963. The first-order valence-corrected chi connectivity index (χ1v) is 9.58. The molecule has 0 spiro atoms. The summed E-state index contributed by atoms with van der Waals surface area (Å²) in [5, 5.41) is 5.49. The van der Waals surface area contributed by atoms with Crippen molar-refractivity contribution in [3.63, 3.8) is 0 Å². The lowest BCUT2D eigenvalue weighted by molar-refractivity contribution is -0.118. The topological polar surface area (TPSA) is 69.0 Å². The molecule has 134 valence electrons. The van der Waals surface area contributed by atoms with Crippen LogP contribution in [0.15, 0.2) is 36.0 Å². The van der Waals surface area contributed by atoms with E-state index in [1.54, 1.807) is 6.20 Å². The van der Waals surface area contributed by atoms with Crippen LogP contribution in [-0.4, -0.2) is 27.0 Å². The molecule has 3 aromatic rings. The maximum atomic E-state index is 12.6. The van der Waals surface area contributed by atoms with Crippen LogP contribution in [0.1, 0.15) is 31.3 Å². The van der Waals surface area contributed by atoms with Crippen molar-refractivity contribution in [1.29, 1.82) is 0 Å². The Hall–Kier alpha value is -2.67. The number of aryl methyl sites for hydroxylation is 1. The SMILES string of the molecule is CCc1nccn1[C@@H](C)C(=O)Nc1nc(-c2ccc3c(c2)CCO3)cs1. The highest BCUT2D eigenvalue weighted by Crippen LogP contribution is 2.32. The lowest BCUT2D eigenvalue weighted by atomic mass is 10.1. The predicted octanol–water partition coefficient (Wildman–Crippen LogP) is 3.70. The molecular formula is C19H20N4O2S. The zero-order valence-corrected chi connectivity index (χ0v) is 15.5. The van der Waals surface area contributed by atoms with Gasteiger partial charge < -0.3 is 14.6 Å². The molecule has 0 saturated carbocycles. The van der Waals surface area contributed by atoms with Crippen LogP contribution in [0.25, 0.3) is 11.3 Å². The van der Waals surface area contributed by atoms with Crippen molar-refractivity contribution in [2.45, 2.75) is 32.7 Å². The molecule has 0 saturated heterocycles. The second-order valence-corrected chi connectivity index (χ2v) is 7.09. The molecule has 26 heavy (non-hydrogen) atoms. The van der Waals surface area contributed by atoms with Crippen LogP contribution in [0.2, 0.25) is 0 Å². The van der Waals surface area contributed by atoms with Gasteiger partial charge in [0.05, 0.1) is 12.3 Å². The van der Waals surface area contributed by atoms with E-state index in [1.165, 1.54) is 16.9 Å².